The number of hydrogen-bond acceptors (Lipinski definition) is 2. The van der Waals surface area contributed by atoms with E-state index in [4.69, 9.17) is 11.6 Å². The van der Waals surface area contributed by atoms with Gasteiger partial charge in [-0.25, -0.2) is 0 Å². The van der Waals surface area contributed by atoms with Crippen molar-refractivity contribution in [1.29, 1.82) is 0 Å². The molecule has 0 aliphatic heterocycles. The molecule has 1 amide bonds. The Labute approximate surface area is 157 Å². The molecule has 0 bridgehead atoms. The van der Waals surface area contributed by atoms with Crippen LogP contribution in [0.3, 0.4) is 0 Å². The molecule has 3 aromatic rings. The molecule has 2 N–H and O–H groups in total. The summed E-state index contributed by atoms with van der Waals surface area (Å²) in [6, 6.07) is 13.8. The lowest BCUT2D eigenvalue weighted by Crippen LogP contribution is -2.12. The van der Waals surface area contributed by atoms with Crippen molar-refractivity contribution in [1.82, 2.24) is 4.98 Å². The van der Waals surface area contributed by atoms with Crippen LogP contribution in [0.1, 0.15) is 25.3 Å². The average Bonchev–Trinajstić information content (AvgIpc) is 2.99. The van der Waals surface area contributed by atoms with E-state index < -0.39 is 0 Å². The minimum absolute atomic E-state index is 0.0621. The van der Waals surface area contributed by atoms with Gasteiger partial charge in [-0.2, -0.15) is 0 Å². The Morgan fingerprint density at radius 1 is 1.24 bits per heavy atom. The summed E-state index contributed by atoms with van der Waals surface area (Å²) < 4.78 is 0. The summed E-state index contributed by atoms with van der Waals surface area (Å²) in [5.74, 6) is 1.05. The van der Waals surface area contributed by atoms with Gasteiger partial charge in [0.05, 0.1) is 5.69 Å². The molecule has 0 aliphatic rings. The molecule has 5 heteroatoms. The van der Waals surface area contributed by atoms with Gasteiger partial charge in [-0.05, 0) is 48.4 Å². The second-order valence-corrected chi connectivity index (χ2v) is 7.58. The monoisotopic (exact) mass is 372 g/mol. The number of benzene rings is 2. The molecule has 0 saturated carbocycles. The Morgan fingerprint density at radius 2 is 2.08 bits per heavy atom. The van der Waals surface area contributed by atoms with Crippen LogP contribution in [0.25, 0.3) is 10.9 Å². The van der Waals surface area contributed by atoms with Gasteiger partial charge in [-0.3, -0.25) is 4.79 Å². The molecule has 1 heterocycles. The van der Waals surface area contributed by atoms with Crippen LogP contribution < -0.4 is 5.32 Å². The third-order valence-corrected chi connectivity index (χ3v) is 5.23. The van der Waals surface area contributed by atoms with Gasteiger partial charge in [0.2, 0.25) is 5.91 Å². The van der Waals surface area contributed by atoms with E-state index in [9.17, 15) is 4.79 Å². The Hall–Kier alpha value is -1.91. The molecule has 0 fully saturated rings. The van der Waals surface area contributed by atoms with Crippen molar-refractivity contribution in [2.45, 2.75) is 31.1 Å². The van der Waals surface area contributed by atoms with Gasteiger partial charge in [0.15, 0.2) is 0 Å². The lowest BCUT2D eigenvalue weighted by atomic mass is 10.1. The maximum absolute atomic E-state index is 12.3. The molecule has 2 aromatic carbocycles. The molecule has 3 rings (SSSR count). The summed E-state index contributed by atoms with van der Waals surface area (Å²) >= 11 is 7.75. The number of fused-ring (bicyclic) bond motifs is 1. The van der Waals surface area contributed by atoms with Crippen molar-refractivity contribution in [3.05, 3.63) is 59.2 Å². The van der Waals surface area contributed by atoms with E-state index in [1.54, 1.807) is 11.8 Å². The molecule has 3 nitrogen and oxygen atoms in total. The number of anilines is 1. The van der Waals surface area contributed by atoms with Gasteiger partial charge in [-0.15, -0.1) is 11.8 Å². The van der Waals surface area contributed by atoms with E-state index >= 15 is 0 Å². The van der Waals surface area contributed by atoms with E-state index in [-0.39, 0.29) is 5.91 Å². The number of para-hydroxylation sites is 1. The van der Waals surface area contributed by atoms with Gasteiger partial charge in [0.1, 0.15) is 0 Å². The number of carbonyl (C=O) groups is 1. The Bertz CT molecular complexity index is 875. The summed E-state index contributed by atoms with van der Waals surface area (Å²) in [7, 11) is 0. The van der Waals surface area contributed by atoms with Crippen molar-refractivity contribution in [2.24, 2.45) is 0 Å². The van der Waals surface area contributed by atoms with Crippen molar-refractivity contribution < 1.29 is 4.79 Å². The number of aromatic nitrogens is 1. The third kappa shape index (κ3) is 4.59. The normalized spacial score (nSPS) is 11.0. The molecule has 1 aromatic heterocycles. The SMILES string of the molecule is CCSc1ccccc1NC(=O)CCCc1c[nH]c2cc(Cl)ccc12. The van der Waals surface area contributed by atoms with Crippen molar-refractivity contribution in [2.75, 3.05) is 11.1 Å². The number of aromatic amines is 1. The topological polar surface area (TPSA) is 44.9 Å². The van der Waals surface area contributed by atoms with Crippen molar-refractivity contribution in [3.8, 4) is 0 Å². The number of rotatable bonds is 7. The van der Waals surface area contributed by atoms with Crippen LogP contribution in [0.15, 0.2) is 53.6 Å². The number of H-pyrrole nitrogens is 1. The summed E-state index contributed by atoms with van der Waals surface area (Å²) in [6.45, 7) is 2.11. The second-order valence-electron chi connectivity index (χ2n) is 5.83. The zero-order valence-electron chi connectivity index (χ0n) is 14.1. The van der Waals surface area contributed by atoms with Crippen LogP contribution in [-0.2, 0) is 11.2 Å². The van der Waals surface area contributed by atoms with Gasteiger partial charge < -0.3 is 10.3 Å². The number of aryl methyl sites for hydroxylation is 1. The zero-order valence-corrected chi connectivity index (χ0v) is 15.7. The number of thioether (sulfide) groups is 1. The number of halogens is 1. The minimum Gasteiger partial charge on any atom is -0.361 e. The highest BCUT2D eigenvalue weighted by Crippen LogP contribution is 2.27. The minimum atomic E-state index is 0.0621. The largest absolute Gasteiger partial charge is 0.361 e. The number of amides is 1. The fourth-order valence-corrected chi connectivity index (χ4v) is 3.80. The van der Waals surface area contributed by atoms with Gasteiger partial charge >= 0.3 is 0 Å². The first-order valence-corrected chi connectivity index (χ1v) is 9.81. The average molecular weight is 373 g/mol. The first kappa shape index (κ1) is 17.9. The summed E-state index contributed by atoms with van der Waals surface area (Å²) in [5.41, 5.74) is 3.17. The third-order valence-electron chi connectivity index (χ3n) is 4.04. The smallest absolute Gasteiger partial charge is 0.224 e. The highest BCUT2D eigenvalue weighted by atomic mass is 35.5. The number of nitrogens with one attached hydrogen (secondary N) is 2. The van der Waals surface area contributed by atoms with Crippen LogP contribution in [0.5, 0.6) is 0 Å². The fourth-order valence-electron chi connectivity index (χ4n) is 2.87. The molecular formula is C20H21ClN2OS. The highest BCUT2D eigenvalue weighted by Gasteiger charge is 2.08. The predicted molar refractivity (Wildman–Crippen MR) is 108 cm³/mol. The first-order valence-electron chi connectivity index (χ1n) is 8.44. The summed E-state index contributed by atoms with van der Waals surface area (Å²) in [6.07, 6.45) is 4.18. The Kier molecular flexibility index (Phi) is 6.05. The van der Waals surface area contributed by atoms with E-state index in [0.29, 0.717) is 6.42 Å². The van der Waals surface area contributed by atoms with Gasteiger partial charge in [0.25, 0.3) is 0 Å². The maximum atomic E-state index is 12.3. The van der Waals surface area contributed by atoms with Crippen molar-refractivity contribution in [3.63, 3.8) is 0 Å². The molecule has 0 radical (unpaired) electrons. The molecule has 0 saturated heterocycles. The molecule has 0 atom stereocenters. The van der Waals surface area contributed by atoms with Crippen molar-refractivity contribution >= 4 is 45.9 Å². The zero-order chi connectivity index (χ0) is 17.6. The van der Waals surface area contributed by atoms with Crippen LogP contribution in [0.2, 0.25) is 5.02 Å². The van der Waals surface area contributed by atoms with Crippen LogP contribution >= 0.6 is 23.4 Å². The fraction of sp³-hybridized carbons (Fsp3) is 0.250. The van der Waals surface area contributed by atoms with E-state index in [0.717, 1.165) is 39.7 Å². The Balaban J connectivity index is 1.56. The number of hydrogen-bond donors (Lipinski definition) is 2. The predicted octanol–water partition coefficient (Wildman–Crippen LogP) is 5.89. The Morgan fingerprint density at radius 3 is 2.92 bits per heavy atom. The molecule has 0 spiro atoms. The van der Waals surface area contributed by atoms with E-state index in [1.807, 2.05) is 48.7 Å². The lowest BCUT2D eigenvalue weighted by Gasteiger charge is -2.10. The standard InChI is InChI=1S/C20H21ClN2OS/c1-2-25-19-8-4-3-7-17(19)23-20(24)9-5-6-14-13-22-18-12-15(21)10-11-16(14)18/h3-4,7-8,10-13,22H,2,5-6,9H2,1H3,(H,23,24). The lowest BCUT2D eigenvalue weighted by molar-refractivity contribution is -0.116. The van der Waals surface area contributed by atoms with Gasteiger partial charge in [-0.1, -0.05) is 36.7 Å². The quantitative estimate of drug-likeness (QED) is 0.507. The molecule has 130 valence electrons. The molecular weight excluding hydrogens is 352 g/mol. The molecule has 0 unspecified atom stereocenters. The van der Waals surface area contributed by atoms with Crippen LogP contribution in [0.4, 0.5) is 5.69 Å². The summed E-state index contributed by atoms with van der Waals surface area (Å²) in [4.78, 5) is 16.6. The number of carbonyl (C=O) groups excluding carboxylic acids is 1. The summed E-state index contributed by atoms with van der Waals surface area (Å²) in [5, 5.41) is 4.94. The van der Waals surface area contributed by atoms with Crippen LogP contribution in [0, 0.1) is 0 Å². The second kappa shape index (κ2) is 8.45. The first-order chi connectivity index (χ1) is 12.2. The maximum Gasteiger partial charge on any atom is 0.224 e. The van der Waals surface area contributed by atoms with E-state index in [2.05, 4.69) is 17.2 Å². The van der Waals surface area contributed by atoms with E-state index in [1.165, 1.54) is 10.9 Å². The molecule has 25 heavy (non-hydrogen) atoms. The van der Waals surface area contributed by atoms with Gasteiger partial charge in [0, 0.05) is 33.4 Å². The molecule has 0 aliphatic carbocycles. The highest BCUT2D eigenvalue weighted by molar-refractivity contribution is 7.99. The van der Waals surface area contributed by atoms with Crippen LogP contribution in [-0.4, -0.2) is 16.6 Å².